The van der Waals surface area contributed by atoms with Gasteiger partial charge in [-0.1, -0.05) is 18.5 Å². The van der Waals surface area contributed by atoms with Crippen molar-refractivity contribution in [3.05, 3.63) is 29.3 Å². The van der Waals surface area contributed by atoms with Crippen LogP contribution in [0.25, 0.3) is 0 Å². The quantitative estimate of drug-likeness (QED) is 0.819. The number of likely N-dealkylation sites (tertiary alicyclic amines) is 1. The van der Waals surface area contributed by atoms with E-state index < -0.39 is 16.1 Å². The molecule has 134 valence electrons. The van der Waals surface area contributed by atoms with Crippen LogP contribution in [0.3, 0.4) is 0 Å². The van der Waals surface area contributed by atoms with Crippen molar-refractivity contribution in [3.8, 4) is 0 Å². The molecule has 0 spiro atoms. The predicted molar refractivity (Wildman–Crippen MR) is 94.2 cm³/mol. The van der Waals surface area contributed by atoms with Crippen LogP contribution in [0.15, 0.2) is 29.2 Å². The Bertz CT molecular complexity index is 678. The van der Waals surface area contributed by atoms with E-state index in [1.165, 1.54) is 24.3 Å². The summed E-state index contributed by atoms with van der Waals surface area (Å²) in [5.41, 5.74) is 5.78. The van der Waals surface area contributed by atoms with Gasteiger partial charge in [-0.25, -0.2) is 8.42 Å². The number of nitrogens with two attached hydrogens (primary N) is 1. The first-order valence-corrected chi connectivity index (χ1v) is 9.89. The van der Waals surface area contributed by atoms with Crippen molar-refractivity contribution in [1.82, 2.24) is 9.62 Å². The molecule has 1 fully saturated rings. The van der Waals surface area contributed by atoms with Gasteiger partial charge in [-0.15, -0.1) is 0 Å². The summed E-state index contributed by atoms with van der Waals surface area (Å²) in [7, 11) is -3.78. The Morgan fingerprint density at radius 2 is 2.04 bits per heavy atom. The fourth-order valence-corrected chi connectivity index (χ4v) is 4.30. The van der Waals surface area contributed by atoms with E-state index in [1.807, 2.05) is 0 Å². The summed E-state index contributed by atoms with van der Waals surface area (Å²) < 4.78 is 27.2. The van der Waals surface area contributed by atoms with Crippen LogP contribution >= 0.6 is 11.6 Å². The molecular weight excluding hydrogens is 350 g/mol. The smallest absolute Gasteiger partial charge is 0.241 e. The third-order valence-corrected chi connectivity index (χ3v) is 6.17. The van der Waals surface area contributed by atoms with E-state index in [9.17, 15) is 13.2 Å². The van der Waals surface area contributed by atoms with E-state index in [4.69, 9.17) is 17.3 Å². The van der Waals surface area contributed by atoms with E-state index in [1.54, 1.807) is 11.8 Å². The zero-order valence-corrected chi connectivity index (χ0v) is 15.5. The number of sulfonamides is 1. The molecule has 1 aromatic carbocycles. The maximum Gasteiger partial charge on any atom is 0.241 e. The number of benzene rings is 1. The van der Waals surface area contributed by atoms with Gasteiger partial charge in [-0.2, -0.15) is 4.72 Å². The summed E-state index contributed by atoms with van der Waals surface area (Å²) >= 11 is 5.78. The number of nitrogens with one attached hydrogen (secondary N) is 1. The Morgan fingerprint density at radius 3 is 2.62 bits per heavy atom. The Balaban J connectivity index is 2.09. The minimum absolute atomic E-state index is 0.0382. The summed E-state index contributed by atoms with van der Waals surface area (Å²) in [5.74, 6) is 0.276. The molecule has 6 nitrogen and oxygen atoms in total. The molecule has 1 aromatic rings. The van der Waals surface area contributed by atoms with Gasteiger partial charge >= 0.3 is 0 Å². The topological polar surface area (TPSA) is 92.5 Å². The van der Waals surface area contributed by atoms with Gasteiger partial charge in [0.05, 0.1) is 10.9 Å². The molecule has 1 amide bonds. The first-order chi connectivity index (χ1) is 11.2. The molecule has 3 N–H and O–H groups in total. The number of hydrogen-bond donors (Lipinski definition) is 2. The zero-order chi connectivity index (χ0) is 17.9. The van der Waals surface area contributed by atoms with E-state index in [2.05, 4.69) is 11.6 Å². The first kappa shape index (κ1) is 19.2. The first-order valence-electron chi connectivity index (χ1n) is 8.03. The van der Waals surface area contributed by atoms with Crippen molar-refractivity contribution in [3.63, 3.8) is 0 Å². The molecule has 0 saturated carbocycles. The number of halogens is 1. The minimum atomic E-state index is -3.78. The van der Waals surface area contributed by atoms with Crippen molar-refractivity contribution in [2.75, 3.05) is 13.1 Å². The van der Waals surface area contributed by atoms with Gasteiger partial charge in [-0.3, -0.25) is 4.79 Å². The van der Waals surface area contributed by atoms with Gasteiger partial charge in [-0.05, 0) is 49.9 Å². The highest BCUT2D eigenvalue weighted by Crippen LogP contribution is 2.23. The molecule has 1 saturated heterocycles. The molecule has 3 atom stereocenters. The van der Waals surface area contributed by atoms with Gasteiger partial charge < -0.3 is 10.6 Å². The van der Waals surface area contributed by atoms with Crippen LogP contribution in [0.5, 0.6) is 0 Å². The zero-order valence-electron chi connectivity index (χ0n) is 13.9. The number of nitrogens with zero attached hydrogens (tertiary/aromatic N) is 1. The number of amides is 1. The molecule has 1 aliphatic rings. The highest BCUT2D eigenvalue weighted by Gasteiger charge is 2.33. The predicted octanol–water partition coefficient (Wildman–Crippen LogP) is 1.59. The number of piperidine rings is 1. The fourth-order valence-electron chi connectivity index (χ4n) is 2.98. The van der Waals surface area contributed by atoms with Crippen LogP contribution < -0.4 is 10.5 Å². The van der Waals surface area contributed by atoms with E-state index in [-0.39, 0.29) is 16.8 Å². The van der Waals surface area contributed by atoms with Crippen LogP contribution in [0.1, 0.15) is 26.7 Å². The normalized spacial score (nSPS) is 23.1. The molecule has 0 bridgehead atoms. The lowest BCUT2D eigenvalue weighted by Crippen LogP contribution is -2.55. The number of hydrogen-bond acceptors (Lipinski definition) is 4. The van der Waals surface area contributed by atoms with E-state index in [0.29, 0.717) is 24.0 Å². The largest absolute Gasteiger partial charge is 0.337 e. The number of rotatable bonds is 5. The Labute approximate surface area is 148 Å². The second-order valence-electron chi connectivity index (χ2n) is 6.35. The van der Waals surface area contributed by atoms with Crippen LogP contribution in [-0.2, 0) is 14.8 Å². The fraction of sp³-hybridized carbons (Fsp3) is 0.562. The maximum atomic E-state index is 12.7. The van der Waals surface area contributed by atoms with Crippen LogP contribution in [0.2, 0.25) is 5.02 Å². The third-order valence-electron chi connectivity index (χ3n) is 4.36. The SMILES string of the molecule is CC1CCN(C(=O)C(C)NS(=O)(=O)c2ccc(Cl)cc2)C(CN)C1. The van der Waals surface area contributed by atoms with Crippen molar-refractivity contribution in [1.29, 1.82) is 0 Å². The molecule has 0 aromatic heterocycles. The van der Waals surface area contributed by atoms with Crippen LogP contribution in [-0.4, -0.2) is 44.4 Å². The lowest BCUT2D eigenvalue weighted by Gasteiger charge is -2.39. The Kier molecular flexibility index (Phi) is 6.25. The molecule has 24 heavy (non-hydrogen) atoms. The summed E-state index contributed by atoms with van der Waals surface area (Å²) in [5, 5.41) is 0.450. The van der Waals surface area contributed by atoms with Gasteiger partial charge in [0.25, 0.3) is 0 Å². The lowest BCUT2D eigenvalue weighted by molar-refractivity contribution is -0.136. The average molecular weight is 374 g/mol. The second kappa shape index (κ2) is 7.82. The van der Waals surface area contributed by atoms with Crippen molar-refractivity contribution < 1.29 is 13.2 Å². The number of carbonyl (C=O) groups is 1. The molecule has 2 rings (SSSR count). The molecular formula is C16H24ClN3O3S. The van der Waals surface area contributed by atoms with Gasteiger partial charge in [0.2, 0.25) is 15.9 Å². The van der Waals surface area contributed by atoms with Gasteiger partial charge in [0, 0.05) is 24.2 Å². The lowest BCUT2D eigenvalue weighted by atomic mass is 9.92. The molecule has 8 heteroatoms. The van der Waals surface area contributed by atoms with Crippen molar-refractivity contribution >= 4 is 27.5 Å². The highest BCUT2D eigenvalue weighted by molar-refractivity contribution is 7.89. The Hall–Kier alpha value is -1.15. The van der Waals surface area contributed by atoms with E-state index >= 15 is 0 Å². The molecule has 1 aliphatic heterocycles. The minimum Gasteiger partial charge on any atom is -0.337 e. The molecule has 0 aliphatic carbocycles. The second-order valence-corrected chi connectivity index (χ2v) is 8.50. The summed E-state index contributed by atoms with van der Waals surface area (Å²) in [6.45, 7) is 4.68. The van der Waals surface area contributed by atoms with Crippen molar-refractivity contribution in [2.45, 2.75) is 43.7 Å². The van der Waals surface area contributed by atoms with E-state index in [0.717, 1.165) is 12.8 Å². The summed E-state index contributed by atoms with van der Waals surface area (Å²) in [4.78, 5) is 14.4. The Morgan fingerprint density at radius 1 is 1.42 bits per heavy atom. The molecule has 3 unspecified atom stereocenters. The maximum absolute atomic E-state index is 12.7. The standard InChI is InChI=1S/C16H24ClN3O3S/c1-11-7-8-20(14(9-11)10-18)16(21)12(2)19-24(22,23)15-5-3-13(17)4-6-15/h3-6,11-12,14,19H,7-10,18H2,1-2H3. The van der Waals surface area contributed by atoms with Crippen LogP contribution in [0.4, 0.5) is 0 Å². The molecule has 1 heterocycles. The number of carbonyl (C=O) groups excluding carboxylic acids is 1. The summed E-state index contributed by atoms with van der Waals surface area (Å²) in [6, 6.07) is 4.93. The monoisotopic (exact) mass is 373 g/mol. The average Bonchev–Trinajstić information content (AvgIpc) is 2.54. The highest BCUT2D eigenvalue weighted by atomic mass is 35.5. The van der Waals surface area contributed by atoms with Crippen molar-refractivity contribution in [2.24, 2.45) is 11.7 Å². The summed E-state index contributed by atoms with van der Waals surface area (Å²) in [6.07, 6.45) is 1.75. The van der Waals surface area contributed by atoms with Crippen LogP contribution in [0, 0.1) is 5.92 Å². The van der Waals surface area contributed by atoms with Gasteiger partial charge in [0.1, 0.15) is 0 Å². The molecule has 0 radical (unpaired) electrons. The third kappa shape index (κ3) is 4.47. The van der Waals surface area contributed by atoms with Gasteiger partial charge in [0.15, 0.2) is 0 Å².